The predicted molar refractivity (Wildman–Crippen MR) is 71.4 cm³/mol. The van der Waals surface area contributed by atoms with Crippen molar-refractivity contribution in [3.63, 3.8) is 0 Å². The Morgan fingerprint density at radius 1 is 1.42 bits per heavy atom. The van der Waals surface area contributed by atoms with Gasteiger partial charge < -0.3 is 9.67 Å². The summed E-state index contributed by atoms with van der Waals surface area (Å²) in [6.45, 7) is 5.76. The number of benzene rings is 1. The maximum absolute atomic E-state index is 12.7. The van der Waals surface area contributed by atoms with Crippen molar-refractivity contribution in [3.05, 3.63) is 29.6 Å². The molecule has 1 aromatic heterocycles. The first-order valence-electron chi connectivity index (χ1n) is 6.14. The van der Waals surface area contributed by atoms with Gasteiger partial charge in [-0.05, 0) is 18.2 Å². The van der Waals surface area contributed by atoms with Gasteiger partial charge in [-0.15, -0.1) is 0 Å². The molecule has 0 saturated carbocycles. The summed E-state index contributed by atoms with van der Waals surface area (Å²) in [5.41, 5.74) is 1.33. The highest BCUT2D eigenvalue weighted by Gasteiger charge is 2.23. The monoisotopic (exact) mass is 264 g/mol. The Bertz CT molecular complexity index is 626. The first-order chi connectivity index (χ1) is 8.84. The van der Waals surface area contributed by atoms with E-state index < -0.39 is 12.6 Å². The van der Waals surface area contributed by atoms with Gasteiger partial charge in [0.2, 0.25) is 0 Å². The van der Waals surface area contributed by atoms with Gasteiger partial charge in [0, 0.05) is 5.41 Å². The number of nitrogens with zero attached hydrogens (tertiary/aromatic N) is 2. The van der Waals surface area contributed by atoms with Gasteiger partial charge in [0.1, 0.15) is 12.5 Å². The number of carbonyl (C=O) groups is 1. The molecule has 0 atom stereocenters. The van der Waals surface area contributed by atoms with E-state index in [0.717, 1.165) is 11.3 Å². The quantitative estimate of drug-likeness (QED) is 0.927. The van der Waals surface area contributed by atoms with Gasteiger partial charge in [0.15, 0.2) is 0 Å². The lowest BCUT2D eigenvalue weighted by Crippen LogP contribution is -2.19. The maximum atomic E-state index is 12.7. The lowest BCUT2D eigenvalue weighted by atomic mass is 9.96. The molecule has 0 spiro atoms. The van der Waals surface area contributed by atoms with Crippen LogP contribution in [-0.4, -0.2) is 27.3 Å². The SMILES string of the molecule is CC(C)(C)c1nc2cc(C(=O)O)ccc2n1CCF. The van der Waals surface area contributed by atoms with E-state index in [1.807, 2.05) is 25.3 Å². The normalized spacial score (nSPS) is 12.0. The molecule has 2 aromatic rings. The number of aryl methyl sites for hydroxylation is 1. The third-order valence-corrected chi connectivity index (χ3v) is 2.97. The number of imidazole rings is 1. The summed E-state index contributed by atoms with van der Waals surface area (Å²) in [7, 11) is 0. The highest BCUT2D eigenvalue weighted by atomic mass is 19.1. The van der Waals surface area contributed by atoms with Crippen LogP contribution in [-0.2, 0) is 12.0 Å². The lowest BCUT2D eigenvalue weighted by molar-refractivity contribution is 0.0697. The van der Waals surface area contributed by atoms with E-state index in [2.05, 4.69) is 4.98 Å². The Balaban J connectivity index is 2.69. The minimum absolute atomic E-state index is 0.192. The van der Waals surface area contributed by atoms with Gasteiger partial charge in [-0.1, -0.05) is 20.8 Å². The molecule has 0 aliphatic heterocycles. The second-order valence-electron chi connectivity index (χ2n) is 5.53. The molecule has 1 aromatic carbocycles. The number of hydrogen-bond donors (Lipinski definition) is 1. The van der Waals surface area contributed by atoms with Crippen molar-refractivity contribution in [1.82, 2.24) is 9.55 Å². The van der Waals surface area contributed by atoms with Crippen LogP contribution in [0.1, 0.15) is 37.0 Å². The molecule has 0 amide bonds. The van der Waals surface area contributed by atoms with Gasteiger partial charge in [0.05, 0.1) is 23.1 Å². The predicted octanol–water partition coefficient (Wildman–Crippen LogP) is 3.00. The average Bonchev–Trinajstić information content (AvgIpc) is 2.67. The van der Waals surface area contributed by atoms with Gasteiger partial charge in [-0.3, -0.25) is 0 Å². The summed E-state index contributed by atoms with van der Waals surface area (Å²) in [6.07, 6.45) is 0. The number of carboxylic acids is 1. The molecular weight excluding hydrogens is 247 g/mol. The minimum Gasteiger partial charge on any atom is -0.478 e. The van der Waals surface area contributed by atoms with Crippen molar-refractivity contribution >= 4 is 17.0 Å². The van der Waals surface area contributed by atoms with Crippen LogP contribution in [0, 0.1) is 0 Å². The topological polar surface area (TPSA) is 55.1 Å². The third-order valence-electron chi connectivity index (χ3n) is 2.97. The number of carboxylic acid groups (broad SMARTS) is 1. The molecular formula is C14H17FN2O2. The Morgan fingerprint density at radius 3 is 2.63 bits per heavy atom. The van der Waals surface area contributed by atoms with Crippen molar-refractivity contribution in [2.24, 2.45) is 0 Å². The number of fused-ring (bicyclic) bond motifs is 1. The first-order valence-corrected chi connectivity index (χ1v) is 6.14. The summed E-state index contributed by atoms with van der Waals surface area (Å²) in [6, 6.07) is 4.74. The van der Waals surface area contributed by atoms with E-state index in [9.17, 15) is 9.18 Å². The van der Waals surface area contributed by atoms with Crippen LogP contribution in [0.3, 0.4) is 0 Å². The van der Waals surface area contributed by atoms with Crippen molar-refractivity contribution in [3.8, 4) is 0 Å². The lowest BCUT2D eigenvalue weighted by Gasteiger charge is -2.19. The zero-order chi connectivity index (χ0) is 14.2. The maximum Gasteiger partial charge on any atom is 0.335 e. The average molecular weight is 264 g/mol. The molecule has 4 nitrogen and oxygen atoms in total. The largest absolute Gasteiger partial charge is 0.478 e. The number of rotatable bonds is 3. The van der Waals surface area contributed by atoms with Crippen molar-refractivity contribution in [2.75, 3.05) is 6.67 Å². The smallest absolute Gasteiger partial charge is 0.335 e. The summed E-state index contributed by atoms with van der Waals surface area (Å²) in [4.78, 5) is 15.4. The molecule has 1 N–H and O–H groups in total. The molecule has 0 aliphatic carbocycles. The van der Waals surface area contributed by atoms with Crippen LogP contribution in [0.15, 0.2) is 18.2 Å². The summed E-state index contributed by atoms with van der Waals surface area (Å²) in [5.74, 6) is -0.220. The summed E-state index contributed by atoms with van der Waals surface area (Å²) >= 11 is 0. The zero-order valence-electron chi connectivity index (χ0n) is 11.3. The molecule has 0 fully saturated rings. The van der Waals surface area contributed by atoms with Gasteiger partial charge in [-0.25, -0.2) is 14.2 Å². The van der Waals surface area contributed by atoms with E-state index in [-0.39, 0.29) is 17.5 Å². The van der Waals surface area contributed by atoms with Crippen molar-refractivity contribution in [1.29, 1.82) is 0 Å². The highest BCUT2D eigenvalue weighted by molar-refractivity contribution is 5.92. The number of halogens is 1. The molecule has 0 aliphatic rings. The Labute approximate surface area is 110 Å². The highest BCUT2D eigenvalue weighted by Crippen LogP contribution is 2.27. The number of hydrogen-bond acceptors (Lipinski definition) is 2. The van der Waals surface area contributed by atoms with Gasteiger partial charge in [0.25, 0.3) is 0 Å². The summed E-state index contributed by atoms with van der Waals surface area (Å²) in [5, 5.41) is 8.99. The zero-order valence-corrected chi connectivity index (χ0v) is 11.3. The fourth-order valence-electron chi connectivity index (χ4n) is 2.15. The van der Waals surface area contributed by atoms with Crippen LogP contribution < -0.4 is 0 Å². The number of aromatic carboxylic acids is 1. The van der Waals surface area contributed by atoms with Crippen LogP contribution >= 0.6 is 0 Å². The van der Waals surface area contributed by atoms with Crippen LogP contribution in [0.4, 0.5) is 4.39 Å². The Hall–Kier alpha value is -1.91. The van der Waals surface area contributed by atoms with Crippen molar-refractivity contribution in [2.45, 2.75) is 32.7 Å². The minimum atomic E-state index is -0.987. The summed E-state index contributed by atoms with van der Waals surface area (Å²) < 4.78 is 14.5. The first kappa shape index (κ1) is 13.5. The molecule has 2 rings (SSSR count). The standard InChI is InChI=1S/C14H17FN2O2/c1-14(2,3)13-16-10-8-9(12(18)19)4-5-11(10)17(13)7-6-15/h4-5,8H,6-7H2,1-3H3,(H,18,19). The van der Waals surface area contributed by atoms with E-state index in [1.165, 1.54) is 12.1 Å². The molecule has 19 heavy (non-hydrogen) atoms. The Morgan fingerprint density at radius 2 is 2.11 bits per heavy atom. The van der Waals surface area contributed by atoms with E-state index in [0.29, 0.717) is 5.52 Å². The molecule has 0 bridgehead atoms. The fourth-order valence-corrected chi connectivity index (χ4v) is 2.15. The van der Waals surface area contributed by atoms with Gasteiger partial charge in [-0.2, -0.15) is 0 Å². The molecule has 0 radical (unpaired) electrons. The van der Waals surface area contributed by atoms with Crippen LogP contribution in [0.5, 0.6) is 0 Å². The van der Waals surface area contributed by atoms with E-state index >= 15 is 0 Å². The molecule has 5 heteroatoms. The molecule has 1 heterocycles. The molecule has 0 saturated heterocycles. The second kappa shape index (κ2) is 4.64. The van der Waals surface area contributed by atoms with Crippen LogP contribution in [0.2, 0.25) is 0 Å². The van der Waals surface area contributed by atoms with E-state index in [1.54, 1.807) is 6.07 Å². The number of aromatic nitrogens is 2. The fraction of sp³-hybridized carbons (Fsp3) is 0.429. The second-order valence-corrected chi connectivity index (χ2v) is 5.53. The third kappa shape index (κ3) is 2.45. The van der Waals surface area contributed by atoms with Gasteiger partial charge >= 0.3 is 5.97 Å². The van der Waals surface area contributed by atoms with E-state index in [4.69, 9.17) is 5.11 Å². The van der Waals surface area contributed by atoms with Crippen LogP contribution in [0.25, 0.3) is 11.0 Å². The molecule has 0 unspecified atom stereocenters. The van der Waals surface area contributed by atoms with Crippen molar-refractivity contribution < 1.29 is 14.3 Å². The number of alkyl halides is 1. The Kier molecular flexibility index (Phi) is 3.30. The molecule has 102 valence electrons.